The van der Waals surface area contributed by atoms with Gasteiger partial charge in [-0.1, -0.05) is 33.8 Å². The molecule has 2 aliphatic rings. The van der Waals surface area contributed by atoms with Crippen molar-refractivity contribution in [1.29, 1.82) is 0 Å². The Morgan fingerprint density at radius 3 is 2.71 bits per heavy atom. The summed E-state index contributed by atoms with van der Waals surface area (Å²) in [5.41, 5.74) is 1.19. The fraction of sp³-hybridized carbons (Fsp3) is 0.700. The van der Waals surface area contributed by atoms with Gasteiger partial charge in [0.2, 0.25) is 5.91 Å². The Hall–Kier alpha value is -1.42. The zero-order valence-corrected chi connectivity index (χ0v) is 15.6. The van der Waals surface area contributed by atoms with E-state index in [2.05, 4.69) is 26.1 Å². The zero-order chi connectivity index (χ0) is 18.1. The van der Waals surface area contributed by atoms with Gasteiger partial charge in [-0.3, -0.25) is 9.59 Å². The van der Waals surface area contributed by atoms with Gasteiger partial charge in [-0.05, 0) is 49.3 Å². The summed E-state index contributed by atoms with van der Waals surface area (Å²) in [6, 6.07) is 0. The molecule has 0 bridgehead atoms. The molecule has 0 aromatic rings. The van der Waals surface area contributed by atoms with Gasteiger partial charge in [-0.25, -0.2) is 0 Å². The Morgan fingerprint density at radius 2 is 2.08 bits per heavy atom. The van der Waals surface area contributed by atoms with Gasteiger partial charge in [0, 0.05) is 23.8 Å². The molecule has 4 unspecified atom stereocenters. The molecule has 24 heavy (non-hydrogen) atoms. The number of carbonyl (C=O) groups is 2. The SMILES string of the molecule is CC1=C2C(O)C(C(C)C(=O)NCCC(C)C)CCC2(C)C=CC1=O. The van der Waals surface area contributed by atoms with Gasteiger partial charge in [0.05, 0.1) is 6.10 Å². The highest BCUT2D eigenvalue weighted by Gasteiger charge is 2.46. The maximum atomic E-state index is 12.4. The molecule has 4 atom stereocenters. The van der Waals surface area contributed by atoms with Crippen molar-refractivity contribution in [2.24, 2.45) is 23.2 Å². The second-order valence-corrected chi connectivity index (χ2v) is 8.06. The van der Waals surface area contributed by atoms with Gasteiger partial charge >= 0.3 is 0 Å². The number of hydrogen-bond donors (Lipinski definition) is 2. The van der Waals surface area contributed by atoms with Crippen LogP contribution in [0.15, 0.2) is 23.3 Å². The number of amides is 1. The maximum absolute atomic E-state index is 12.4. The molecule has 0 saturated heterocycles. The average Bonchev–Trinajstić information content (AvgIpc) is 2.50. The highest BCUT2D eigenvalue weighted by Crippen LogP contribution is 2.49. The molecular formula is C20H31NO3. The highest BCUT2D eigenvalue weighted by atomic mass is 16.3. The normalized spacial score (nSPS) is 31.2. The van der Waals surface area contributed by atoms with Crippen LogP contribution in [0.3, 0.4) is 0 Å². The lowest BCUT2D eigenvalue weighted by molar-refractivity contribution is -0.128. The number of ketones is 1. The summed E-state index contributed by atoms with van der Waals surface area (Å²) in [5.74, 6) is 0.115. The van der Waals surface area contributed by atoms with Crippen LogP contribution in [0.1, 0.15) is 53.9 Å². The van der Waals surface area contributed by atoms with Gasteiger partial charge < -0.3 is 10.4 Å². The smallest absolute Gasteiger partial charge is 0.223 e. The predicted octanol–water partition coefficient (Wildman–Crippen LogP) is 3.02. The van der Waals surface area contributed by atoms with E-state index >= 15 is 0 Å². The second-order valence-electron chi connectivity index (χ2n) is 8.06. The molecule has 2 aliphatic carbocycles. The first-order valence-corrected chi connectivity index (χ1v) is 9.08. The minimum absolute atomic E-state index is 0.000709. The van der Waals surface area contributed by atoms with Crippen LogP contribution < -0.4 is 5.32 Å². The quantitative estimate of drug-likeness (QED) is 0.813. The molecule has 134 valence electrons. The average molecular weight is 333 g/mol. The van der Waals surface area contributed by atoms with E-state index in [0.717, 1.165) is 24.8 Å². The van der Waals surface area contributed by atoms with Crippen LogP contribution in [0.5, 0.6) is 0 Å². The van der Waals surface area contributed by atoms with E-state index in [0.29, 0.717) is 18.0 Å². The van der Waals surface area contributed by atoms with Crippen LogP contribution in [-0.2, 0) is 9.59 Å². The number of rotatable bonds is 5. The monoisotopic (exact) mass is 333 g/mol. The Labute approximate surface area is 145 Å². The third kappa shape index (κ3) is 3.64. The molecule has 0 heterocycles. The van der Waals surface area contributed by atoms with E-state index in [1.54, 1.807) is 13.0 Å². The number of carbonyl (C=O) groups excluding carboxylic acids is 2. The van der Waals surface area contributed by atoms with Crippen molar-refractivity contribution in [2.45, 2.75) is 60.0 Å². The molecule has 2 N–H and O–H groups in total. The number of aliphatic hydroxyl groups excluding tert-OH is 1. The van der Waals surface area contributed by atoms with E-state index in [1.165, 1.54) is 0 Å². The molecule has 0 spiro atoms. The molecule has 4 nitrogen and oxygen atoms in total. The molecule has 1 saturated carbocycles. The van der Waals surface area contributed by atoms with Crippen LogP contribution in [0.2, 0.25) is 0 Å². The van der Waals surface area contributed by atoms with Crippen LogP contribution in [-0.4, -0.2) is 29.4 Å². The molecule has 0 aromatic heterocycles. The van der Waals surface area contributed by atoms with Crippen LogP contribution in [0.4, 0.5) is 0 Å². The first kappa shape index (κ1) is 18.9. The summed E-state index contributed by atoms with van der Waals surface area (Å²) in [7, 11) is 0. The van der Waals surface area contributed by atoms with Crippen molar-refractivity contribution in [3.8, 4) is 0 Å². The minimum Gasteiger partial charge on any atom is -0.388 e. The van der Waals surface area contributed by atoms with Crippen LogP contribution in [0.25, 0.3) is 0 Å². The molecular weight excluding hydrogens is 302 g/mol. The molecule has 0 radical (unpaired) electrons. The summed E-state index contributed by atoms with van der Waals surface area (Å²) >= 11 is 0. The first-order valence-electron chi connectivity index (χ1n) is 9.08. The lowest BCUT2D eigenvalue weighted by Gasteiger charge is -2.45. The van der Waals surface area contributed by atoms with E-state index < -0.39 is 6.10 Å². The van der Waals surface area contributed by atoms with Crippen LogP contribution in [0, 0.1) is 23.2 Å². The van der Waals surface area contributed by atoms with Crippen molar-refractivity contribution in [2.75, 3.05) is 6.54 Å². The van der Waals surface area contributed by atoms with Gasteiger partial charge in [0.25, 0.3) is 0 Å². The number of fused-ring (bicyclic) bond motifs is 1. The van der Waals surface area contributed by atoms with Crippen molar-refractivity contribution < 1.29 is 14.7 Å². The lowest BCUT2D eigenvalue weighted by Crippen LogP contribution is -2.46. The van der Waals surface area contributed by atoms with E-state index in [-0.39, 0.29) is 28.9 Å². The van der Waals surface area contributed by atoms with Crippen molar-refractivity contribution in [1.82, 2.24) is 5.32 Å². The Kier molecular flexibility index (Phi) is 5.69. The largest absolute Gasteiger partial charge is 0.388 e. The fourth-order valence-electron chi connectivity index (χ4n) is 4.01. The molecule has 2 rings (SSSR count). The number of nitrogens with one attached hydrogen (secondary N) is 1. The molecule has 0 aliphatic heterocycles. The third-order valence-electron chi connectivity index (χ3n) is 5.77. The highest BCUT2D eigenvalue weighted by molar-refractivity contribution is 6.05. The Bertz CT molecular complexity index is 575. The number of hydrogen-bond acceptors (Lipinski definition) is 3. The predicted molar refractivity (Wildman–Crippen MR) is 95.3 cm³/mol. The molecule has 4 heteroatoms. The van der Waals surface area contributed by atoms with E-state index in [4.69, 9.17) is 0 Å². The van der Waals surface area contributed by atoms with Gasteiger partial charge in [0.1, 0.15) is 0 Å². The van der Waals surface area contributed by atoms with Crippen molar-refractivity contribution >= 4 is 11.7 Å². The first-order chi connectivity index (χ1) is 11.2. The Morgan fingerprint density at radius 1 is 1.42 bits per heavy atom. The number of allylic oxidation sites excluding steroid dienone is 3. The summed E-state index contributed by atoms with van der Waals surface area (Å²) < 4.78 is 0. The molecule has 0 aromatic carbocycles. The van der Waals surface area contributed by atoms with E-state index in [9.17, 15) is 14.7 Å². The Balaban J connectivity index is 2.12. The lowest BCUT2D eigenvalue weighted by atomic mass is 9.61. The zero-order valence-electron chi connectivity index (χ0n) is 15.6. The summed E-state index contributed by atoms with van der Waals surface area (Å²) in [5, 5.41) is 13.9. The van der Waals surface area contributed by atoms with Crippen LogP contribution >= 0.6 is 0 Å². The maximum Gasteiger partial charge on any atom is 0.223 e. The van der Waals surface area contributed by atoms with Gasteiger partial charge in [-0.2, -0.15) is 0 Å². The van der Waals surface area contributed by atoms with Gasteiger partial charge in [0.15, 0.2) is 5.78 Å². The standard InChI is InChI=1S/C20H31NO3/c1-12(2)8-11-21-19(24)13(3)15-6-9-20(5)10-7-16(22)14(4)17(20)18(15)23/h7,10,12-13,15,18,23H,6,8-9,11H2,1-5H3,(H,21,24). The summed E-state index contributed by atoms with van der Waals surface area (Å²) in [6.07, 6.45) is 5.40. The van der Waals surface area contributed by atoms with Crippen molar-refractivity contribution in [3.63, 3.8) is 0 Å². The molecule has 1 fully saturated rings. The topological polar surface area (TPSA) is 66.4 Å². The number of aliphatic hydroxyl groups is 1. The van der Waals surface area contributed by atoms with E-state index in [1.807, 2.05) is 13.0 Å². The summed E-state index contributed by atoms with van der Waals surface area (Å²) in [4.78, 5) is 24.5. The molecule has 1 amide bonds. The van der Waals surface area contributed by atoms with Gasteiger partial charge in [-0.15, -0.1) is 0 Å². The third-order valence-corrected chi connectivity index (χ3v) is 5.77. The van der Waals surface area contributed by atoms with Crippen molar-refractivity contribution in [3.05, 3.63) is 23.3 Å². The minimum atomic E-state index is -0.733. The fourth-order valence-corrected chi connectivity index (χ4v) is 4.01. The summed E-state index contributed by atoms with van der Waals surface area (Å²) in [6.45, 7) is 10.7. The second kappa shape index (κ2) is 7.22.